The van der Waals surface area contributed by atoms with Crippen molar-refractivity contribution in [2.75, 3.05) is 5.32 Å². The number of hydrogen-bond donors (Lipinski definition) is 2. The number of carboxylic acid groups (broad SMARTS) is 1. The molecule has 0 aromatic heterocycles. The minimum absolute atomic E-state index is 0.0245. The van der Waals surface area contributed by atoms with Crippen LogP contribution in [0.25, 0.3) is 0 Å². The summed E-state index contributed by atoms with van der Waals surface area (Å²) in [6, 6.07) is 4.84. The van der Waals surface area contributed by atoms with Gasteiger partial charge in [0.15, 0.2) is 0 Å². The summed E-state index contributed by atoms with van der Waals surface area (Å²) in [5.41, 5.74) is 0.513. The van der Waals surface area contributed by atoms with Crippen molar-refractivity contribution >= 4 is 17.3 Å². The molecule has 0 saturated carbocycles. The normalized spacial score (nSPS) is 11.8. The first-order valence-corrected chi connectivity index (χ1v) is 4.24. The third-order valence-electron chi connectivity index (χ3n) is 1.83. The molecule has 6 nitrogen and oxygen atoms in total. The second-order valence-corrected chi connectivity index (χ2v) is 3.01. The minimum Gasteiger partial charge on any atom is -0.480 e. The first-order chi connectivity index (χ1) is 7.00. The monoisotopic (exact) mass is 210 g/mol. The lowest BCUT2D eigenvalue weighted by Crippen LogP contribution is -2.25. The van der Waals surface area contributed by atoms with E-state index in [1.807, 2.05) is 0 Å². The van der Waals surface area contributed by atoms with E-state index in [1.165, 1.54) is 31.2 Å². The molecule has 0 radical (unpaired) electrons. The highest BCUT2D eigenvalue weighted by Gasteiger charge is 2.10. The molecule has 0 aliphatic carbocycles. The van der Waals surface area contributed by atoms with E-state index in [0.717, 1.165) is 0 Å². The molecule has 0 amide bonds. The molecule has 0 fully saturated rings. The van der Waals surface area contributed by atoms with E-state index >= 15 is 0 Å². The van der Waals surface area contributed by atoms with Crippen LogP contribution in [0.2, 0.25) is 0 Å². The van der Waals surface area contributed by atoms with Gasteiger partial charge in [0.1, 0.15) is 6.04 Å². The maximum atomic E-state index is 10.5. The van der Waals surface area contributed by atoms with Gasteiger partial charge in [-0.1, -0.05) is 0 Å². The molecule has 0 heterocycles. The number of carboxylic acids is 1. The molecule has 6 heteroatoms. The van der Waals surface area contributed by atoms with Gasteiger partial charge in [-0.25, -0.2) is 0 Å². The van der Waals surface area contributed by atoms with Crippen molar-refractivity contribution in [3.63, 3.8) is 0 Å². The van der Waals surface area contributed by atoms with E-state index in [1.54, 1.807) is 0 Å². The van der Waals surface area contributed by atoms with Crippen LogP contribution >= 0.6 is 0 Å². The third-order valence-corrected chi connectivity index (χ3v) is 1.83. The van der Waals surface area contributed by atoms with Crippen molar-refractivity contribution in [1.29, 1.82) is 0 Å². The van der Waals surface area contributed by atoms with Crippen molar-refractivity contribution in [3.8, 4) is 0 Å². The molecule has 0 spiro atoms. The lowest BCUT2D eigenvalue weighted by Gasteiger charge is -2.09. The zero-order valence-corrected chi connectivity index (χ0v) is 8.01. The van der Waals surface area contributed by atoms with Gasteiger partial charge in [0.25, 0.3) is 5.69 Å². The van der Waals surface area contributed by atoms with Crippen LogP contribution < -0.4 is 5.32 Å². The van der Waals surface area contributed by atoms with Crippen LogP contribution in [0.4, 0.5) is 11.4 Å². The third kappa shape index (κ3) is 2.94. The highest BCUT2D eigenvalue weighted by molar-refractivity contribution is 5.76. The lowest BCUT2D eigenvalue weighted by atomic mass is 10.2. The second kappa shape index (κ2) is 4.41. The molecule has 1 rings (SSSR count). The Kier molecular flexibility index (Phi) is 3.22. The molecular weight excluding hydrogens is 200 g/mol. The van der Waals surface area contributed by atoms with Crippen LogP contribution in [0, 0.1) is 10.1 Å². The van der Waals surface area contributed by atoms with E-state index in [2.05, 4.69) is 5.32 Å². The van der Waals surface area contributed by atoms with Crippen LogP contribution in [0.15, 0.2) is 24.3 Å². The van der Waals surface area contributed by atoms with E-state index < -0.39 is 16.9 Å². The predicted octanol–water partition coefficient (Wildman–Crippen LogP) is 1.48. The summed E-state index contributed by atoms with van der Waals surface area (Å²) in [7, 11) is 0. The summed E-state index contributed by atoms with van der Waals surface area (Å²) in [5, 5.41) is 21.6. The largest absolute Gasteiger partial charge is 0.480 e. The summed E-state index contributed by atoms with van der Waals surface area (Å²) in [6.45, 7) is 1.49. The Morgan fingerprint density at radius 2 is 2.00 bits per heavy atom. The molecule has 0 bridgehead atoms. The standard InChI is InChI=1S/C9H10N2O4/c1-6(9(12)13)10-7-2-4-8(5-3-7)11(14)15/h2-6,10H,1H3,(H,12,13). The minimum atomic E-state index is -0.978. The molecule has 1 atom stereocenters. The van der Waals surface area contributed by atoms with Gasteiger partial charge >= 0.3 is 5.97 Å². The molecular formula is C9H10N2O4. The number of benzene rings is 1. The molecule has 0 aliphatic heterocycles. The molecule has 80 valence electrons. The number of non-ortho nitro benzene ring substituents is 1. The van der Waals surface area contributed by atoms with Gasteiger partial charge in [0.2, 0.25) is 0 Å². The SMILES string of the molecule is CC(Nc1ccc([N+](=O)[O-])cc1)C(=O)O. The summed E-state index contributed by atoms with van der Waals surface area (Å²) >= 11 is 0. The molecule has 2 N–H and O–H groups in total. The van der Waals surface area contributed by atoms with Gasteiger partial charge in [-0.15, -0.1) is 0 Å². The van der Waals surface area contributed by atoms with Crippen LogP contribution in [0.5, 0.6) is 0 Å². The first-order valence-electron chi connectivity index (χ1n) is 4.24. The van der Waals surface area contributed by atoms with Crippen LogP contribution in [-0.2, 0) is 4.79 Å². The van der Waals surface area contributed by atoms with Crippen molar-refractivity contribution in [2.24, 2.45) is 0 Å². The van der Waals surface area contributed by atoms with Crippen molar-refractivity contribution in [3.05, 3.63) is 34.4 Å². The summed E-state index contributed by atoms with van der Waals surface area (Å²) in [4.78, 5) is 20.3. The van der Waals surface area contributed by atoms with Gasteiger partial charge < -0.3 is 10.4 Å². The number of carbonyl (C=O) groups is 1. The summed E-state index contributed by atoms with van der Waals surface area (Å²) < 4.78 is 0. The number of anilines is 1. The number of nitro groups is 1. The zero-order valence-electron chi connectivity index (χ0n) is 8.01. The number of rotatable bonds is 4. The van der Waals surface area contributed by atoms with E-state index in [4.69, 9.17) is 5.11 Å². The Hall–Kier alpha value is -2.11. The Morgan fingerprint density at radius 1 is 1.47 bits per heavy atom. The van der Waals surface area contributed by atoms with Crippen LogP contribution in [-0.4, -0.2) is 22.0 Å². The Bertz CT molecular complexity index is 374. The van der Waals surface area contributed by atoms with Crippen LogP contribution in [0.1, 0.15) is 6.92 Å². The lowest BCUT2D eigenvalue weighted by molar-refractivity contribution is -0.384. The van der Waals surface area contributed by atoms with Crippen molar-refractivity contribution < 1.29 is 14.8 Å². The molecule has 1 aromatic rings. The average molecular weight is 210 g/mol. The Labute approximate surface area is 85.7 Å². The quantitative estimate of drug-likeness (QED) is 0.580. The van der Waals surface area contributed by atoms with E-state index in [9.17, 15) is 14.9 Å². The molecule has 1 aromatic carbocycles. The first kappa shape index (κ1) is 11.0. The summed E-state index contributed by atoms with van der Waals surface area (Å²) in [5.74, 6) is -0.978. The van der Waals surface area contributed by atoms with Crippen molar-refractivity contribution in [2.45, 2.75) is 13.0 Å². The van der Waals surface area contributed by atoms with Gasteiger partial charge in [0, 0.05) is 17.8 Å². The fourth-order valence-corrected chi connectivity index (χ4v) is 0.991. The highest BCUT2D eigenvalue weighted by Crippen LogP contribution is 2.15. The molecule has 0 aliphatic rings. The molecule has 1 unspecified atom stereocenters. The molecule has 0 saturated heterocycles. The topological polar surface area (TPSA) is 92.5 Å². The average Bonchev–Trinajstić information content (AvgIpc) is 2.18. The van der Waals surface area contributed by atoms with Gasteiger partial charge in [-0.05, 0) is 19.1 Å². The fraction of sp³-hybridized carbons (Fsp3) is 0.222. The van der Waals surface area contributed by atoms with E-state index in [0.29, 0.717) is 5.69 Å². The number of hydrogen-bond acceptors (Lipinski definition) is 4. The van der Waals surface area contributed by atoms with Gasteiger partial charge in [0.05, 0.1) is 4.92 Å². The Balaban J connectivity index is 2.72. The number of nitrogens with one attached hydrogen (secondary N) is 1. The summed E-state index contributed by atoms with van der Waals surface area (Å²) in [6.07, 6.45) is 0. The smallest absolute Gasteiger partial charge is 0.325 e. The maximum Gasteiger partial charge on any atom is 0.325 e. The number of aliphatic carboxylic acids is 1. The number of nitrogens with zero attached hydrogens (tertiary/aromatic N) is 1. The Morgan fingerprint density at radius 3 is 2.40 bits per heavy atom. The van der Waals surface area contributed by atoms with Gasteiger partial charge in [-0.2, -0.15) is 0 Å². The van der Waals surface area contributed by atoms with Crippen molar-refractivity contribution in [1.82, 2.24) is 0 Å². The van der Waals surface area contributed by atoms with Crippen LogP contribution in [0.3, 0.4) is 0 Å². The second-order valence-electron chi connectivity index (χ2n) is 3.01. The maximum absolute atomic E-state index is 10.5. The highest BCUT2D eigenvalue weighted by atomic mass is 16.6. The fourth-order valence-electron chi connectivity index (χ4n) is 0.991. The predicted molar refractivity (Wildman–Crippen MR) is 53.8 cm³/mol. The van der Waals surface area contributed by atoms with Gasteiger partial charge in [-0.3, -0.25) is 14.9 Å². The number of nitro benzene ring substituents is 1. The molecule has 15 heavy (non-hydrogen) atoms. The zero-order chi connectivity index (χ0) is 11.4. The van der Waals surface area contributed by atoms with E-state index in [-0.39, 0.29) is 5.69 Å².